The second-order valence-corrected chi connectivity index (χ2v) is 8.42. The minimum Gasteiger partial charge on any atom is -0.481 e. The van der Waals surface area contributed by atoms with E-state index in [9.17, 15) is 29.1 Å². The maximum atomic E-state index is 13.2. The van der Waals surface area contributed by atoms with Gasteiger partial charge in [0, 0.05) is 26.3 Å². The summed E-state index contributed by atoms with van der Waals surface area (Å²) in [5.41, 5.74) is -2.99. The molecule has 2 unspecified atom stereocenters. The first kappa shape index (κ1) is 20.4. The molecule has 0 aromatic heterocycles. The van der Waals surface area contributed by atoms with Gasteiger partial charge in [-0.25, -0.2) is 4.90 Å². The van der Waals surface area contributed by atoms with Crippen LogP contribution >= 0.6 is 11.8 Å². The van der Waals surface area contributed by atoms with E-state index in [0.717, 1.165) is 16.7 Å². The number of carbonyl (C=O) groups excluding carboxylic acids is 4. The van der Waals surface area contributed by atoms with Crippen LogP contribution in [0.1, 0.15) is 27.6 Å². The van der Waals surface area contributed by atoms with Crippen molar-refractivity contribution >= 4 is 41.4 Å². The van der Waals surface area contributed by atoms with Crippen molar-refractivity contribution in [2.24, 2.45) is 5.41 Å². The van der Waals surface area contributed by atoms with Gasteiger partial charge in [0.05, 0.1) is 11.1 Å². The van der Waals surface area contributed by atoms with Crippen molar-refractivity contribution in [1.82, 2.24) is 9.80 Å². The number of hydrogen-bond donors (Lipinski definition) is 1. The van der Waals surface area contributed by atoms with Gasteiger partial charge in [0.25, 0.3) is 23.4 Å². The van der Waals surface area contributed by atoms with Crippen LogP contribution in [-0.4, -0.2) is 81.7 Å². The number of thioether (sulfide) groups is 1. The molecule has 2 saturated heterocycles. The van der Waals surface area contributed by atoms with Gasteiger partial charge in [-0.1, -0.05) is 12.1 Å². The summed E-state index contributed by atoms with van der Waals surface area (Å²) in [6, 6.07) is 6.24. The van der Waals surface area contributed by atoms with E-state index in [4.69, 9.17) is 9.47 Å². The van der Waals surface area contributed by atoms with Crippen LogP contribution in [0.5, 0.6) is 0 Å². The quantitative estimate of drug-likeness (QED) is 0.392. The van der Waals surface area contributed by atoms with Crippen molar-refractivity contribution < 1.29 is 38.6 Å². The monoisotopic (exact) mass is 434 g/mol. The lowest BCUT2D eigenvalue weighted by Crippen LogP contribution is -2.83. The van der Waals surface area contributed by atoms with Crippen LogP contribution in [0, 0.1) is 5.41 Å². The second-order valence-electron chi connectivity index (χ2n) is 7.35. The Morgan fingerprint density at radius 1 is 1.20 bits per heavy atom. The molecule has 30 heavy (non-hydrogen) atoms. The Balaban J connectivity index is 1.65. The molecule has 0 spiro atoms. The molecule has 3 aliphatic heterocycles. The Labute approximate surface area is 175 Å². The number of fused-ring (bicyclic) bond motifs is 2. The number of imide groups is 1. The van der Waals surface area contributed by atoms with Gasteiger partial charge in [-0.05, 0) is 12.1 Å². The van der Waals surface area contributed by atoms with Gasteiger partial charge in [0.2, 0.25) is 0 Å². The van der Waals surface area contributed by atoms with E-state index in [0.29, 0.717) is 0 Å². The molecule has 0 bridgehead atoms. The lowest BCUT2D eigenvalue weighted by molar-refractivity contribution is -0.216. The molecule has 0 radical (unpaired) electrons. The molecular weight excluding hydrogens is 416 g/mol. The fourth-order valence-electron chi connectivity index (χ4n) is 4.03. The highest BCUT2D eigenvalue weighted by molar-refractivity contribution is 8.00. The van der Waals surface area contributed by atoms with E-state index >= 15 is 0 Å². The van der Waals surface area contributed by atoms with Crippen LogP contribution in [0.4, 0.5) is 0 Å². The number of rotatable bonds is 5. The number of amides is 3. The van der Waals surface area contributed by atoms with Crippen LogP contribution in [0.2, 0.25) is 0 Å². The SMILES string of the molecule is COC1(N2C(=O)c3ccccc3C2=O)C(=O)N2CC(COC(C)=O)(C(=O)O)CS[C@@H]21. The highest BCUT2D eigenvalue weighted by Gasteiger charge is 2.72. The number of methoxy groups -OCH3 is 1. The molecule has 1 N–H and O–H groups in total. The molecule has 10 nitrogen and oxygen atoms in total. The van der Waals surface area contributed by atoms with Gasteiger partial charge in [0.15, 0.2) is 0 Å². The molecule has 2 fully saturated rings. The summed E-state index contributed by atoms with van der Waals surface area (Å²) in [5, 5.41) is 8.95. The van der Waals surface area contributed by atoms with Crippen molar-refractivity contribution in [3.05, 3.63) is 35.4 Å². The zero-order chi connectivity index (χ0) is 21.8. The standard InChI is InChI=1S/C19H18N2O8S/c1-10(22)29-8-18(17(26)27)7-20-15(25)19(28-2,16(20)30-9-18)21-13(23)11-5-3-4-6-12(11)14(21)24/h3-6,16H,7-9H2,1-2H3,(H,26,27)/t16-,18?,19?/m1/s1. The van der Waals surface area contributed by atoms with Gasteiger partial charge in [0.1, 0.15) is 17.4 Å². The molecule has 4 rings (SSSR count). The Bertz CT molecular complexity index is 962. The molecule has 0 saturated carbocycles. The predicted molar refractivity (Wildman–Crippen MR) is 101 cm³/mol. The minimum atomic E-state index is -1.86. The van der Waals surface area contributed by atoms with Crippen molar-refractivity contribution in [3.8, 4) is 0 Å². The lowest BCUT2D eigenvalue weighted by atomic mass is 9.86. The van der Waals surface area contributed by atoms with Gasteiger partial charge < -0.3 is 19.5 Å². The number of carboxylic acid groups (broad SMARTS) is 1. The largest absolute Gasteiger partial charge is 0.481 e. The maximum Gasteiger partial charge on any atom is 0.315 e. The molecule has 3 aliphatic rings. The number of ether oxygens (including phenoxy) is 2. The minimum absolute atomic E-state index is 0.00165. The van der Waals surface area contributed by atoms with Gasteiger partial charge in [-0.2, -0.15) is 0 Å². The summed E-state index contributed by atoms with van der Waals surface area (Å²) in [6.45, 7) is 0.538. The lowest BCUT2D eigenvalue weighted by Gasteiger charge is -2.60. The third-order valence-corrected chi connectivity index (χ3v) is 7.23. The topological polar surface area (TPSA) is 131 Å². The number of aliphatic carboxylic acids is 1. The number of nitrogens with zero attached hydrogens (tertiary/aromatic N) is 2. The number of hydrogen-bond acceptors (Lipinski definition) is 8. The summed E-state index contributed by atoms with van der Waals surface area (Å²) >= 11 is 1.07. The number of carbonyl (C=O) groups is 5. The first-order valence-electron chi connectivity index (χ1n) is 9.02. The van der Waals surface area contributed by atoms with Gasteiger partial charge in [-0.3, -0.25) is 24.0 Å². The summed E-state index contributed by atoms with van der Waals surface area (Å²) in [6.07, 6.45) is 0. The van der Waals surface area contributed by atoms with Crippen molar-refractivity contribution in [2.75, 3.05) is 26.0 Å². The molecular formula is C19H18N2O8S. The number of carboxylic acids is 1. The van der Waals surface area contributed by atoms with E-state index in [2.05, 4.69) is 0 Å². The first-order valence-corrected chi connectivity index (χ1v) is 10.1. The van der Waals surface area contributed by atoms with E-state index in [1.54, 1.807) is 12.1 Å². The number of esters is 1. The molecule has 11 heteroatoms. The smallest absolute Gasteiger partial charge is 0.315 e. The van der Waals surface area contributed by atoms with Crippen LogP contribution < -0.4 is 0 Å². The van der Waals surface area contributed by atoms with Crippen LogP contribution in [-0.2, 0) is 23.9 Å². The second kappa shape index (κ2) is 6.81. The summed E-state index contributed by atoms with van der Waals surface area (Å²) in [7, 11) is 1.23. The van der Waals surface area contributed by atoms with E-state index < -0.39 is 52.8 Å². The zero-order valence-corrected chi connectivity index (χ0v) is 16.9. The van der Waals surface area contributed by atoms with E-state index in [1.807, 2.05) is 0 Å². The van der Waals surface area contributed by atoms with Crippen LogP contribution in [0.25, 0.3) is 0 Å². The van der Waals surface area contributed by atoms with Crippen LogP contribution in [0.3, 0.4) is 0 Å². The summed E-state index contributed by atoms with van der Waals surface area (Å²) in [4.78, 5) is 64.2. The number of benzene rings is 1. The molecule has 1 aromatic carbocycles. The van der Waals surface area contributed by atoms with Crippen molar-refractivity contribution in [1.29, 1.82) is 0 Å². The average molecular weight is 434 g/mol. The third-order valence-electron chi connectivity index (χ3n) is 5.62. The Morgan fingerprint density at radius 3 is 2.30 bits per heavy atom. The van der Waals surface area contributed by atoms with E-state index in [1.165, 1.54) is 31.1 Å². The Kier molecular flexibility index (Phi) is 4.62. The Hall–Kier alpha value is -2.92. The average Bonchev–Trinajstić information content (AvgIpc) is 2.98. The summed E-state index contributed by atoms with van der Waals surface area (Å²) in [5.74, 6) is -3.81. The molecule has 3 heterocycles. The van der Waals surface area contributed by atoms with E-state index in [-0.39, 0.29) is 23.4 Å². The van der Waals surface area contributed by atoms with Crippen molar-refractivity contribution in [2.45, 2.75) is 18.0 Å². The predicted octanol–water partition coefficient (Wildman–Crippen LogP) is 0.175. The molecule has 3 amide bonds. The van der Waals surface area contributed by atoms with Crippen LogP contribution in [0.15, 0.2) is 24.3 Å². The summed E-state index contributed by atoms with van der Waals surface area (Å²) < 4.78 is 10.4. The van der Waals surface area contributed by atoms with Gasteiger partial charge >= 0.3 is 11.9 Å². The van der Waals surface area contributed by atoms with Crippen molar-refractivity contribution in [3.63, 3.8) is 0 Å². The Morgan fingerprint density at radius 2 is 1.80 bits per heavy atom. The highest BCUT2D eigenvalue weighted by atomic mass is 32.2. The fourth-order valence-corrected chi connectivity index (χ4v) is 5.68. The molecule has 0 aliphatic carbocycles. The molecule has 3 atom stereocenters. The highest BCUT2D eigenvalue weighted by Crippen LogP contribution is 2.51. The molecule has 1 aromatic rings. The zero-order valence-electron chi connectivity index (χ0n) is 16.1. The first-order chi connectivity index (χ1) is 14.2. The molecule has 158 valence electrons. The number of β-lactam (4-membered cyclic amide) rings is 1. The van der Waals surface area contributed by atoms with Gasteiger partial charge in [-0.15, -0.1) is 11.8 Å². The maximum absolute atomic E-state index is 13.2. The third kappa shape index (κ3) is 2.51. The normalized spacial score (nSPS) is 29.9. The fraction of sp³-hybridized carbons (Fsp3) is 0.421.